The second-order valence-electron chi connectivity index (χ2n) is 8.51. The highest BCUT2D eigenvalue weighted by molar-refractivity contribution is 6.06. The number of aryl methyl sites for hydroxylation is 1. The molecule has 0 bridgehead atoms. The van der Waals surface area contributed by atoms with Crippen LogP contribution in [-0.4, -0.2) is 42.8 Å². The van der Waals surface area contributed by atoms with Crippen molar-refractivity contribution in [2.45, 2.75) is 25.7 Å². The first-order valence-corrected chi connectivity index (χ1v) is 11.5. The highest BCUT2D eigenvalue weighted by Crippen LogP contribution is 2.38. The van der Waals surface area contributed by atoms with Crippen LogP contribution in [0.1, 0.15) is 28.7 Å². The average Bonchev–Trinajstić information content (AvgIpc) is 3.33. The molecular weight excluding hydrogens is 520 g/mol. The lowest BCUT2D eigenvalue weighted by Gasteiger charge is -2.16. The topological polar surface area (TPSA) is 122 Å². The van der Waals surface area contributed by atoms with Crippen LogP contribution in [-0.2, 0) is 24.6 Å². The van der Waals surface area contributed by atoms with Crippen molar-refractivity contribution in [1.29, 1.82) is 0 Å². The summed E-state index contributed by atoms with van der Waals surface area (Å²) in [7, 11) is 1.51. The summed E-state index contributed by atoms with van der Waals surface area (Å²) < 4.78 is 57.2. The van der Waals surface area contributed by atoms with Gasteiger partial charge in [-0.3, -0.25) is 14.3 Å². The number of halogens is 4. The van der Waals surface area contributed by atoms with Gasteiger partial charge in [-0.15, -0.1) is 0 Å². The number of hydrogen-bond acceptors (Lipinski definition) is 6. The number of aliphatic hydroxyl groups excluding tert-OH is 1. The molecule has 2 amide bonds. The van der Waals surface area contributed by atoms with E-state index < -0.39 is 46.6 Å². The molecule has 2 aromatic carbocycles. The van der Waals surface area contributed by atoms with Crippen molar-refractivity contribution < 1.29 is 32.3 Å². The fraction of sp³-hybridized carbons (Fsp3) is 0.192. The first-order valence-electron chi connectivity index (χ1n) is 11.5. The third kappa shape index (κ3) is 6.26. The predicted octanol–water partition coefficient (Wildman–Crippen LogP) is 3.95. The summed E-state index contributed by atoms with van der Waals surface area (Å²) in [5, 5.41) is 18.3. The Morgan fingerprint density at radius 3 is 2.46 bits per heavy atom. The predicted molar refractivity (Wildman–Crippen MR) is 133 cm³/mol. The minimum absolute atomic E-state index is 0.0514. The molecule has 39 heavy (non-hydrogen) atoms. The third-order valence-corrected chi connectivity index (χ3v) is 5.58. The molecule has 1 atom stereocenters. The average molecular weight is 542 g/mol. The van der Waals surface area contributed by atoms with E-state index in [1.165, 1.54) is 37.1 Å². The number of alkyl halides is 3. The Hall–Kier alpha value is -4.65. The van der Waals surface area contributed by atoms with Gasteiger partial charge >= 0.3 is 6.18 Å². The smallest absolute Gasteiger partial charge is 0.384 e. The van der Waals surface area contributed by atoms with Gasteiger partial charge in [0.25, 0.3) is 5.91 Å². The molecule has 3 N–H and O–H groups in total. The molecule has 0 fully saturated rings. The molecule has 2 heterocycles. The van der Waals surface area contributed by atoms with Crippen LogP contribution in [0.2, 0.25) is 0 Å². The van der Waals surface area contributed by atoms with Gasteiger partial charge in [0, 0.05) is 24.4 Å². The Balaban J connectivity index is 1.72. The lowest BCUT2D eigenvalue weighted by atomic mass is 9.99. The first-order chi connectivity index (χ1) is 18.4. The number of rotatable bonds is 7. The van der Waals surface area contributed by atoms with E-state index in [1.54, 1.807) is 30.3 Å². The molecule has 4 aromatic rings. The Bertz CT molecular complexity index is 1520. The van der Waals surface area contributed by atoms with Crippen molar-refractivity contribution in [2.24, 2.45) is 7.05 Å². The number of carbonyl (C=O) groups is 2. The number of carbonyl (C=O) groups excluding carboxylic acids is 2. The number of aliphatic hydroxyl groups is 1. The molecule has 0 aliphatic rings. The number of benzene rings is 2. The van der Waals surface area contributed by atoms with E-state index in [-0.39, 0.29) is 35.5 Å². The molecule has 0 saturated carbocycles. The maximum Gasteiger partial charge on any atom is 0.417 e. The Morgan fingerprint density at radius 2 is 1.85 bits per heavy atom. The van der Waals surface area contributed by atoms with Crippen molar-refractivity contribution in [1.82, 2.24) is 25.1 Å². The van der Waals surface area contributed by atoms with Gasteiger partial charge in [-0.2, -0.15) is 18.3 Å². The highest BCUT2D eigenvalue weighted by atomic mass is 19.4. The minimum atomic E-state index is -4.89. The summed E-state index contributed by atoms with van der Waals surface area (Å²) in [6.45, 7) is 1.17. The molecular formula is C26H22F4N6O3. The number of hydrogen-bond donors (Lipinski definition) is 3. The first kappa shape index (κ1) is 27.4. The molecule has 0 aliphatic carbocycles. The molecule has 0 aliphatic heterocycles. The zero-order chi connectivity index (χ0) is 28.3. The van der Waals surface area contributed by atoms with Crippen molar-refractivity contribution in [3.63, 3.8) is 0 Å². The SMILES string of the molecule is CC(O)C(=O)NCc1ncc(NC(=O)c2cc(-c3ccn(C)n3)c(C(F)(F)F)cc2F)c(-c2ccccc2)n1. The number of nitrogens with one attached hydrogen (secondary N) is 2. The Kier molecular flexibility index (Phi) is 7.72. The van der Waals surface area contributed by atoms with Crippen LogP contribution in [0.5, 0.6) is 0 Å². The summed E-state index contributed by atoms with van der Waals surface area (Å²) in [5.41, 5.74) is -1.65. The quantitative estimate of drug-likeness (QED) is 0.304. The zero-order valence-electron chi connectivity index (χ0n) is 20.6. The second kappa shape index (κ2) is 11.0. The van der Waals surface area contributed by atoms with Crippen LogP contribution in [0.4, 0.5) is 23.2 Å². The van der Waals surface area contributed by atoms with Crippen molar-refractivity contribution in [2.75, 3.05) is 5.32 Å². The second-order valence-corrected chi connectivity index (χ2v) is 8.51. The van der Waals surface area contributed by atoms with Crippen LogP contribution in [0.3, 0.4) is 0 Å². The van der Waals surface area contributed by atoms with Crippen LogP contribution >= 0.6 is 0 Å². The summed E-state index contributed by atoms with van der Waals surface area (Å²) >= 11 is 0. The maximum absolute atomic E-state index is 14.9. The molecule has 0 saturated heterocycles. The van der Waals surface area contributed by atoms with Gasteiger partial charge in [-0.05, 0) is 25.1 Å². The Labute approximate surface area is 219 Å². The molecule has 1 unspecified atom stereocenters. The lowest BCUT2D eigenvalue weighted by Crippen LogP contribution is -2.32. The minimum Gasteiger partial charge on any atom is -0.384 e. The van der Waals surface area contributed by atoms with Gasteiger partial charge < -0.3 is 15.7 Å². The molecule has 0 radical (unpaired) electrons. The Morgan fingerprint density at radius 1 is 1.13 bits per heavy atom. The standard InChI is InChI=1S/C26H22F4N6O3/c1-14(37)24(38)32-13-22-31-12-21(23(34-22)15-6-4-3-5-7-15)33-25(39)17-10-16(20-8-9-36(2)35-20)18(11-19(17)27)26(28,29)30/h3-12,14,37H,13H2,1-2H3,(H,32,38)(H,33,39). The van der Waals surface area contributed by atoms with Crippen LogP contribution < -0.4 is 10.6 Å². The van der Waals surface area contributed by atoms with E-state index in [4.69, 9.17) is 0 Å². The normalized spacial score (nSPS) is 12.2. The highest BCUT2D eigenvalue weighted by Gasteiger charge is 2.36. The largest absolute Gasteiger partial charge is 0.417 e. The van der Waals surface area contributed by atoms with Crippen LogP contribution in [0.25, 0.3) is 22.5 Å². The fourth-order valence-electron chi connectivity index (χ4n) is 3.67. The maximum atomic E-state index is 14.9. The van der Waals surface area contributed by atoms with E-state index in [2.05, 4.69) is 25.7 Å². The number of amides is 2. The van der Waals surface area contributed by atoms with Gasteiger partial charge in [-0.25, -0.2) is 14.4 Å². The molecule has 4 rings (SSSR count). The van der Waals surface area contributed by atoms with Crippen molar-refractivity contribution in [3.05, 3.63) is 83.7 Å². The summed E-state index contributed by atoms with van der Waals surface area (Å²) in [4.78, 5) is 33.3. The van der Waals surface area contributed by atoms with E-state index in [0.29, 0.717) is 5.56 Å². The van der Waals surface area contributed by atoms with E-state index in [1.807, 2.05) is 0 Å². The number of anilines is 1. The van der Waals surface area contributed by atoms with Gasteiger partial charge in [0.2, 0.25) is 5.91 Å². The van der Waals surface area contributed by atoms with E-state index in [0.717, 1.165) is 6.07 Å². The van der Waals surface area contributed by atoms with E-state index >= 15 is 0 Å². The summed E-state index contributed by atoms with van der Waals surface area (Å²) in [6, 6.07) is 10.9. The monoisotopic (exact) mass is 542 g/mol. The number of aromatic nitrogens is 4. The fourth-order valence-corrected chi connectivity index (χ4v) is 3.67. The van der Waals surface area contributed by atoms with Crippen molar-refractivity contribution in [3.8, 4) is 22.5 Å². The molecule has 0 spiro atoms. The van der Waals surface area contributed by atoms with Gasteiger partial charge in [0.05, 0.1) is 40.9 Å². The number of nitrogens with zero attached hydrogens (tertiary/aromatic N) is 4. The lowest BCUT2D eigenvalue weighted by molar-refractivity contribution is -0.137. The van der Waals surface area contributed by atoms with Crippen LogP contribution in [0.15, 0.2) is 60.9 Å². The third-order valence-electron chi connectivity index (χ3n) is 5.58. The summed E-state index contributed by atoms with van der Waals surface area (Å²) in [5.74, 6) is -2.90. The van der Waals surface area contributed by atoms with Crippen molar-refractivity contribution >= 4 is 17.5 Å². The molecule has 202 valence electrons. The van der Waals surface area contributed by atoms with Gasteiger partial charge in [-0.1, -0.05) is 30.3 Å². The summed E-state index contributed by atoms with van der Waals surface area (Å²) in [6.07, 6.45) is -3.48. The van der Waals surface area contributed by atoms with Crippen LogP contribution in [0, 0.1) is 5.82 Å². The molecule has 9 nitrogen and oxygen atoms in total. The van der Waals surface area contributed by atoms with Gasteiger partial charge in [0.1, 0.15) is 17.7 Å². The van der Waals surface area contributed by atoms with Gasteiger partial charge in [0.15, 0.2) is 0 Å². The molecule has 2 aromatic heterocycles. The zero-order valence-corrected chi connectivity index (χ0v) is 20.6. The van der Waals surface area contributed by atoms with E-state index in [9.17, 15) is 32.3 Å². The molecule has 13 heteroatoms.